The van der Waals surface area contributed by atoms with E-state index in [1.54, 1.807) is 12.1 Å². The monoisotopic (exact) mass is 348 g/mol. The van der Waals surface area contributed by atoms with E-state index in [1.165, 1.54) is 12.0 Å². The molecule has 1 amide bonds. The number of carbonyl (C=O) groups excluding carboxylic acids is 1. The predicted molar refractivity (Wildman–Crippen MR) is 90.5 cm³/mol. The third-order valence-electron chi connectivity index (χ3n) is 5.10. The Hall–Kier alpha value is -2.28. The van der Waals surface area contributed by atoms with E-state index in [1.807, 2.05) is 6.07 Å². The zero-order chi connectivity index (χ0) is 18.0. The van der Waals surface area contributed by atoms with Crippen molar-refractivity contribution in [3.8, 4) is 11.5 Å². The normalized spacial score (nSPS) is 23.8. The highest BCUT2D eigenvalue weighted by Crippen LogP contribution is 2.30. The van der Waals surface area contributed by atoms with Gasteiger partial charge in [-0.15, -0.1) is 0 Å². The van der Waals surface area contributed by atoms with Gasteiger partial charge in [0, 0.05) is 13.1 Å². The van der Waals surface area contributed by atoms with Crippen LogP contribution in [0.15, 0.2) is 18.2 Å². The second kappa shape index (κ2) is 7.31. The molecule has 2 aliphatic rings. The first kappa shape index (κ1) is 17.5. The average Bonchev–Trinajstić information content (AvgIpc) is 3.25. The van der Waals surface area contributed by atoms with Crippen LogP contribution >= 0.6 is 0 Å². The van der Waals surface area contributed by atoms with Crippen molar-refractivity contribution >= 4 is 11.9 Å². The molecule has 3 rings (SSSR count). The maximum Gasteiger partial charge on any atom is 0.326 e. The lowest BCUT2D eigenvalue weighted by atomic mass is 10.1. The van der Waals surface area contributed by atoms with Crippen molar-refractivity contribution in [2.24, 2.45) is 0 Å². The first-order valence-electron chi connectivity index (χ1n) is 8.64. The van der Waals surface area contributed by atoms with Crippen molar-refractivity contribution in [2.75, 3.05) is 20.2 Å². The minimum Gasteiger partial charge on any atom is -0.504 e. The zero-order valence-corrected chi connectivity index (χ0v) is 14.4. The van der Waals surface area contributed by atoms with Crippen LogP contribution in [0.2, 0.25) is 0 Å². The highest BCUT2D eigenvalue weighted by atomic mass is 16.5. The average molecular weight is 348 g/mol. The van der Waals surface area contributed by atoms with Crippen molar-refractivity contribution in [1.82, 2.24) is 9.80 Å². The Bertz CT molecular complexity index is 663. The van der Waals surface area contributed by atoms with Crippen LogP contribution in [0.25, 0.3) is 0 Å². The van der Waals surface area contributed by atoms with Gasteiger partial charge in [0.1, 0.15) is 6.04 Å². The van der Waals surface area contributed by atoms with Gasteiger partial charge in [-0.1, -0.05) is 6.07 Å². The fourth-order valence-electron chi connectivity index (χ4n) is 3.83. The Balaban J connectivity index is 1.72. The molecule has 25 heavy (non-hydrogen) atoms. The molecule has 2 fully saturated rings. The van der Waals surface area contributed by atoms with Crippen LogP contribution < -0.4 is 4.74 Å². The first-order valence-corrected chi connectivity index (χ1v) is 8.64. The van der Waals surface area contributed by atoms with Crippen molar-refractivity contribution in [1.29, 1.82) is 0 Å². The number of carbonyl (C=O) groups is 2. The Kier molecular flexibility index (Phi) is 5.13. The highest BCUT2D eigenvalue weighted by Gasteiger charge is 2.40. The zero-order valence-electron chi connectivity index (χ0n) is 14.4. The second-order valence-corrected chi connectivity index (χ2v) is 6.66. The number of phenols is 1. The molecule has 0 saturated carbocycles. The van der Waals surface area contributed by atoms with Gasteiger partial charge < -0.3 is 19.8 Å². The standard InChI is InChI=1S/C18H24N2O5/c1-25-16-10-12(6-7-15(16)21)11-19-8-2-4-13(19)17(22)20-9-3-5-14(20)18(23)24/h6-7,10,13-14,21H,2-5,8-9,11H2,1H3,(H,23,24). The molecule has 136 valence electrons. The van der Waals surface area contributed by atoms with Gasteiger partial charge in [-0.05, 0) is 49.9 Å². The number of amides is 1. The lowest BCUT2D eigenvalue weighted by Gasteiger charge is -2.30. The van der Waals surface area contributed by atoms with Gasteiger partial charge in [-0.3, -0.25) is 9.69 Å². The fraction of sp³-hybridized carbons (Fsp3) is 0.556. The molecule has 1 aromatic rings. The molecule has 0 bridgehead atoms. The van der Waals surface area contributed by atoms with Crippen molar-refractivity contribution < 1.29 is 24.5 Å². The van der Waals surface area contributed by atoms with Crippen LogP contribution in [0.1, 0.15) is 31.2 Å². The molecular formula is C18H24N2O5. The number of ether oxygens (including phenoxy) is 1. The molecule has 0 spiro atoms. The summed E-state index contributed by atoms with van der Waals surface area (Å²) in [7, 11) is 1.50. The summed E-state index contributed by atoms with van der Waals surface area (Å²) < 4.78 is 5.14. The Labute approximate surface area is 146 Å². The van der Waals surface area contributed by atoms with Gasteiger partial charge in [0.05, 0.1) is 13.2 Å². The lowest BCUT2D eigenvalue weighted by Crippen LogP contribution is -2.49. The number of carboxylic acids is 1. The minimum atomic E-state index is -0.918. The van der Waals surface area contributed by atoms with E-state index in [0.717, 1.165) is 31.4 Å². The molecule has 2 saturated heterocycles. The number of aromatic hydroxyl groups is 1. The van der Waals surface area contributed by atoms with Crippen LogP contribution in [-0.2, 0) is 16.1 Å². The smallest absolute Gasteiger partial charge is 0.326 e. The third kappa shape index (κ3) is 3.56. The molecule has 0 radical (unpaired) electrons. The molecule has 2 atom stereocenters. The largest absolute Gasteiger partial charge is 0.504 e. The summed E-state index contributed by atoms with van der Waals surface area (Å²) in [6, 6.07) is 4.20. The maximum absolute atomic E-state index is 12.9. The van der Waals surface area contributed by atoms with Crippen LogP contribution in [0.3, 0.4) is 0 Å². The highest BCUT2D eigenvalue weighted by molar-refractivity contribution is 5.87. The molecule has 0 aromatic heterocycles. The van der Waals surface area contributed by atoms with Crippen molar-refractivity contribution in [3.05, 3.63) is 23.8 Å². The SMILES string of the molecule is COc1cc(CN2CCCC2C(=O)N2CCCC2C(=O)O)ccc1O. The van der Waals surface area contributed by atoms with E-state index in [0.29, 0.717) is 25.3 Å². The van der Waals surface area contributed by atoms with E-state index < -0.39 is 12.0 Å². The van der Waals surface area contributed by atoms with Gasteiger partial charge >= 0.3 is 5.97 Å². The Morgan fingerprint density at radius 2 is 1.92 bits per heavy atom. The summed E-state index contributed by atoms with van der Waals surface area (Å²) in [6.45, 7) is 1.89. The molecule has 1 aromatic carbocycles. The van der Waals surface area contributed by atoms with Crippen molar-refractivity contribution in [2.45, 2.75) is 44.3 Å². The van der Waals surface area contributed by atoms with Gasteiger partial charge in [-0.25, -0.2) is 4.79 Å². The third-order valence-corrected chi connectivity index (χ3v) is 5.10. The molecule has 7 heteroatoms. The summed E-state index contributed by atoms with van der Waals surface area (Å²) >= 11 is 0. The van der Waals surface area contributed by atoms with Crippen LogP contribution in [-0.4, -0.2) is 64.2 Å². The number of rotatable bonds is 5. The minimum absolute atomic E-state index is 0.0758. The number of benzene rings is 1. The Morgan fingerprint density at radius 3 is 2.64 bits per heavy atom. The van der Waals surface area contributed by atoms with Gasteiger partial charge in [0.25, 0.3) is 0 Å². The number of hydrogen-bond donors (Lipinski definition) is 2. The van der Waals surface area contributed by atoms with E-state index in [2.05, 4.69) is 4.90 Å². The maximum atomic E-state index is 12.9. The number of methoxy groups -OCH3 is 1. The Morgan fingerprint density at radius 1 is 1.20 bits per heavy atom. The van der Waals surface area contributed by atoms with Crippen molar-refractivity contribution in [3.63, 3.8) is 0 Å². The summed E-state index contributed by atoms with van der Waals surface area (Å²) in [5.74, 6) is -0.501. The molecular weight excluding hydrogens is 324 g/mol. The topological polar surface area (TPSA) is 90.3 Å². The van der Waals surface area contributed by atoms with E-state index in [-0.39, 0.29) is 17.7 Å². The van der Waals surface area contributed by atoms with Gasteiger partial charge in [0.2, 0.25) is 5.91 Å². The summed E-state index contributed by atoms with van der Waals surface area (Å²) in [4.78, 5) is 27.9. The van der Waals surface area contributed by atoms with Gasteiger partial charge in [-0.2, -0.15) is 0 Å². The summed E-state index contributed by atoms with van der Waals surface area (Å²) in [5, 5.41) is 19.0. The quantitative estimate of drug-likeness (QED) is 0.837. The van der Waals surface area contributed by atoms with Crippen LogP contribution in [0, 0.1) is 0 Å². The molecule has 0 aliphatic carbocycles. The lowest BCUT2D eigenvalue weighted by molar-refractivity contribution is -0.150. The first-order chi connectivity index (χ1) is 12.0. The summed E-state index contributed by atoms with van der Waals surface area (Å²) in [6.07, 6.45) is 2.93. The van der Waals surface area contributed by atoms with E-state index >= 15 is 0 Å². The second-order valence-electron chi connectivity index (χ2n) is 6.66. The molecule has 2 N–H and O–H groups in total. The number of aliphatic carboxylic acids is 1. The van der Waals surface area contributed by atoms with Gasteiger partial charge in [0.15, 0.2) is 11.5 Å². The molecule has 2 unspecified atom stereocenters. The van der Waals surface area contributed by atoms with Crippen LogP contribution in [0.4, 0.5) is 0 Å². The number of nitrogens with zero attached hydrogens (tertiary/aromatic N) is 2. The summed E-state index contributed by atoms with van der Waals surface area (Å²) in [5.41, 5.74) is 0.950. The molecule has 2 aliphatic heterocycles. The number of likely N-dealkylation sites (tertiary alicyclic amines) is 2. The molecule has 2 heterocycles. The number of carboxylic acid groups (broad SMARTS) is 1. The molecule has 7 nitrogen and oxygen atoms in total. The fourth-order valence-corrected chi connectivity index (χ4v) is 3.83. The predicted octanol–water partition coefficient (Wildman–Crippen LogP) is 1.44. The number of phenolic OH excluding ortho intramolecular Hbond substituents is 1. The van der Waals surface area contributed by atoms with Crippen LogP contribution in [0.5, 0.6) is 11.5 Å². The van der Waals surface area contributed by atoms with E-state index in [4.69, 9.17) is 4.74 Å². The van der Waals surface area contributed by atoms with E-state index in [9.17, 15) is 19.8 Å². The number of hydrogen-bond acceptors (Lipinski definition) is 5.